The molecule has 0 bridgehead atoms. The average Bonchev–Trinajstić information content (AvgIpc) is 2.42. The van der Waals surface area contributed by atoms with Crippen LogP contribution in [0.15, 0.2) is 29.4 Å². The summed E-state index contributed by atoms with van der Waals surface area (Å²) >= 11 is 11.5. The van der Waals surface area contributed by atoms with Crippen LogP contribution in [0.5, 0.6) is 5.75 Å². The molecule has 0 saturated carbocycles. The number of phenolic OH excluding ortho intramolecular Hbond substituents is 1. The molecule has 0 aliphatic heterocycles. The third-order valence-corrected chi connectivity index (χ3v) is 3.23. The quantitative estimate of drug-likeness (QED) is 0.604. The van der Waals surface area contributed by atoms with Crippen molar-refractivity contribution >= 4 is 35.2 Å². The molecule has 0 atom stereocenters. The maximum atomic E-state index is 12.7. The first-order chi connectivity index (χ1) is 10.7. The number of aryl methyl sites for hydroxylation is 1. The van der Waals surface area contributed by atoms with E-state index in [4.69, 9.17) is 23.2 Å². The minimum atomic E-state index is -4.48. The van der Waals surface area contributed by atoms with Crippen LogP contribution in [0.1, 0.15) is 16.8 Å². The van der Waals surface area contributed by atoms with Crippen LogP contribution in [0.4, 0.5) is 19.0 Å². The Bertz CT molecular complexity index is 764. The maximum Gasteiger partial charge on any atom is 0.416 e. The van der Waals surface area contributed by atoms with E-state index in [1.165, 1.54) is 25.3 Å². The van der Waals surface area contributed by atoms with E-state index in [0.717, 1.165) is 12.1 Å². The lowest BCUT2D eigenvalue weighted by molar-refractivity contribution is -0.137. The molecule has 9 heteroatoms. The number of nitrogens with one attached hydrogen (secondary N) is 1. The van der Waals surface area contributed by atoms with Gasteiger partial charge in [0.25, 0.3) is 0 Å². The van der Waals surface area contributed by atoms with Gasteiger partial charge in [-0.1, -0.05) is 23.2 Å². The molecule has 1 aromatic heterocycles. The SMILES string of the molecule is Cc1cc(C(F)(F)F)cc(N/N=C/c2cc(Cl)cc(Cl)c2O)n1. The first kappa shape index (κ1) is 17.4. The summed E-state index contributed by atoms with van der Waals surface area (Å²) in [5.74, 6) is -0.323. The Balaban J connectivity index is 2.23. The molecule has 23 heavy (non-hydrogen) atoms. The van der Waals surface area contributed by atoms with Crippen molar-refractivity contribution in [1.29, 1.82) is 0 Å². The number of nitrogens with zero attached hydrogens (tertiary/aromatic N) is 2. The highest BCUT2D eigenvalue weighted by atomic mass is 35.5. The van der Waals surface area contributed by atoms with Crippen molar-refractivity contribution in [2.24, 2.45) is 5.10 Å². The molecular formula is C14H10Cl2F3N3O. The van der Waals surface area contributed by atoms with Gasteiger partial charge < -0.3 is 5.11 Å². The molecule has 2 N–H and O–H groups in total. The molecule has 0 saturated heterocycles. The van der Waals surface area contributed by atoms with Crippen LogP contribution in [0, 0.1) is 6.92 Å². The van der Waals surface area contributed by atoms with Gasteiger partial charge in [0.05, 0.1) is 16.8 Å². The minimum absolute atomic E-state index is 0.0342. The van der Waals surface area contributed by atoms with Crippen LogP contribution >= 0.6 is 23.2 Å². The number of aromatic hydroxyl groups is 1. The maximum absolute atomic E-state index is 12.7. The molecular weight excluding hydrogens is 354 g/mol. The summed E-state index contributed by atoms with van der Waals surface area (Å²) in [6.07, 6.45) is -3.31. The van der Waals surface area contributed by atoms with E-state index in [2.05, 4.69) is 15.5 Å². The lowest BCUT2D eigenvalue weighted by Gasteiger charge is -2.09. The van der Waals surface area contributed by atoms with Crippen molar-refractivity contribution < 1.29 is 18.3 Å². The van der Waals surface area contributed by atoms with Crippen LogP contribution in [0.3, 0.4) is 0 Å². The number of anilines is 1. The Kier molecular flexibility index (Phi) is 5.01. The van der Waals surface area contributed by atoms with E-state index in [1.807, 2.05) is 0 Å². The lowest BCUT2D eigenvalue weighted by atomic mass is 10.2. The van der Waals surface area contributed by atoms with Gasteiger partial charge in [0.1, 0.15) is 11.6 Å². The first-order valence-corrected chi connectivity index (χ1v) is 6.95. The van der Waals surface area contributed by atoms with Crippen molar-refractivity contribution in [1.82, 2.24) is 4.98 Å². The summed E-state index contributed by atoms with van der Waals surface area (Å²) < 4.78 is 38.2. The summed E-state index contributed by atoms with van der Waals surface area (Å²) in [6, 6.07) is 4.51. The van der Waals surface area contributed by atoms with Gasteiger partial charge in [-0.2, -0.15) is 18.3 Å². The lowest BCUT2D eigenvalue weighted by Crippen LogP contribution is -2.07. The number of pyridine rings is 1. The molecule has 0 spiro atoms. The molecule has 0 aliphatic carbocycles. The minimum Gasteiger partial charge on any atom is -0.506 e. The smallest absolute Gasteiger partial charge is 0.416 e. The second kappa shape index (κ2) is 6.64. The number of phenols is 1. The largest absolute Gasteiger partial charge is 0.506 e. The molecule has 0 aliphatic rings. The van der Waals surface area contributed by atoms with Gasteiger partial charge >= 0.3 is 6.18 Å². The summed E-state index contributed by atoms with van der Waals surface area (Å²) in [4.78, 5) is 3.90. The zero-order valence-electron chi connectivity index (χ0n) is 11.6. The molecule has 1 heterocycles. The summed E-state index contributed by atoms with van der Waals surface area (Å²) in [5, 5.41) is 13.8. The second-order valence-electron chi connectivity index (χ2n) is 4.58. The Morgan fingerprint density at radius 3 is 2.57 bits per heavy atom. The van der Waals surface area contributed by atoms with Crippen molar-refractivity contribution in [2.75, 3.05) is 5.43 Å². The van der Waals surface area contributed by atoms with Crippen molar-refractivity contribution in [2.45, 2.75) is 13.1 Å². The number of hydrazone groups is 1. The molecule has 0 radical (unpaired) electrons. The van der Waals surface area contributed by atoms with E-state index >= 15 is 0 Å². The number of hydrogen-bond acceptors (Lipinski definition) is 4. The fourth-order valence-corrected chi connectivity index (χ4v) is 2.25. The van der Waals surface area contributed by atoms with E-state index < -0.39 is 11.7 Å². The Labute approximate surface area is 139 Å². The Morgan fingerprint density at radius 2 is 1.91 bits per heavy atom. The van der Waals surface area contributed by atoms with Gasteiger partial charge in [-0.05, 0) is 31.2 Å². The number of halogens is 5. The second-order valence-corrected chi connectivity index (χ2v) is 5.42. The van der Waals surface area contributed by atoms with Gasteiger partial charge in [-0.25, -0.2) is 4.98 Å². The van der Waals surface area contributed by atoms with Crippen LogP contribution in [-0.4, -0.2) is 16.3 Å². The normalized spacial score (nSPS) is 11.9. The number of benzene rings is 1. The van der Waals surface area contributed by atoms with Gasteiger partial charge in [-0.15, -0.1) is 0 Å². The molecule has 0 amide bonds. The number of rotatable bonds is 3. The molecule has 122 valence electrons. The molecule has 2 rings (SSSR count). The molecule has 0 fully saturated rings. The fourth-order valence-electron chi connectivity index (χ4n) is 1.74. The number of hydrogen-bond donors (Lipinski definition) is 2. The van der Waals surface area contributed by atoms with Crippen LogP contribution in [-0.2, 0) is 6.18 Å². The van der Waals surface area contributed by atoms with Gasteiger partial charge in [0, 0.05) is 16.3 Å². The van der Waals surface area contributed by atoms with E-state index in [9.17, 15) is 18.3 Å². The molecule has 1 aromatic carbocycles. The fraction of sp³-hybridized carbons (Fsp3) is 0.143. The van der Waals surface area contributed by atoms with Gasteiger partial charge in [-0.3, -0.25) is 5.43 Å². The van der Waals surface area contributed by atoms with Crippen molar-refractivity contribution in [3.8, 4) is 5.75 Å². The summed E-state index contributed by atoms with van der Waals surface area (Å²) in [6.45, 7) is 1.44. The summed E-state index contributed by atoms with van der Waals surface area (Å²) in [5.41, 5.74) is 1.93. The first-order valence-electron chi connectivity index (χ1n) is 6.20. The third-order valence-electron chi connectivity index (χ3n) is 2.72. The van der Waals surface area contributed by atoms with E-state index in [-0.39, 0.29) is 32.9 Å². The van der Waals surface area contributed by atoms with E-state index in [1.54, 1.807) is 0 Å². The highest BCUT2D eigenvalue weighted by Gasteiger charge is 2.31. The average molecular weight is 364 g/mol. The van der Waals surface area contributed by atoms with Crippen molar-refractivity contribution in [3.05, 3.63) is 51.1 Å². The Morgan fingerprint density at radius 1 is 1.22 bits per heavy atom. The predicted molar refractivity (Wildman–Crippen MR) is 83.3 cm³/mol. The van der Waals surface area contributed by atoms with Crippen molar-refractivity contribution in [3.63, 3.8) is 0 Å². The van der Waals surface area contributed by atoms with Crippen LogP contribution in [0.2, 0.25) is 10.0 Å². The highest BCUT2D eigenvalue weighted by Crippen LogP contribution is 2.31. The zero-order chi connectivity index (χ0) is 17.2. The molecule has 0 unspecified atom stereocenters. The Hall–Kier alpha value is -1.99. The zero-order valence-corrected chi connectivity index (χ0v) is 13.1. The number of aromatic nitrogens is 1. The highest BCUT2D eigenvalue weighted by molar-refractivity contribution is 6.36. The van der Waals surface area contributed by atoms with Gasteiger partial charge in [0.2, 0.25) is 0 Å². The van der Waals surface area contributed by atoms with Crippen LogP contribution < -0.4 is 5.43 Å². The monoisotopic (exact) mass is 363 g/mol. The van der Waals surface area contributed by atoms with E-state index in [0.29, 0.717) is 0 Å². The topological polar surface area (TPSA) is 57.5 Å². The molecule has 2 aromatic rings. The number of alkyl halides is 3. The third kappa shape index (κ3) is 4.49. The van der Waals surface area contributed by atoms with Gasteiger partial charge in [0.15, 0.2) is 0 Å². The molecule has 4 nitrogen and oxygen atoms in total. The predicted octanol–water partition coefficient (Wildman–Crippen LogP) is 4.87. The summed E-state index contributed by atoms with van der Waals surface area (Å²) in [7, 11) is 0. The standard InChI is InChI=1S/C14H10Cl2F3N3O/c1-7-2-9(14(17,18)19)4-12(21-7)22-20-6-8-3-10(15)5-11(16)13(8)23/h2-6,23H,1H3,(H,21,22)/b20-6+. The van der Waals surface area contributed by atoms with Crippen LogP contribution in [0.25, 0.3) is 0 Å².